The van der Waals surface area contributed by atoms with Crippen molar-refractivity contribution in [1.82, 2.24) is 0 Å². The Kier molecular flexibility index (Phi) is 4.27. The maximum atomic E-state index is 12.4. The number of sulfonamides is 1. The van der Waals surface area contributed by atoms with E-state index in [2.05, 4.69) is 12.2 Å². The maximum absolute atomic E-state index is 12.4. The zero-order valence-corrected chi connectivity index (χ0v) is 14.3. The third kappa shape index (κ3) is 3.63. The number of nitrogens with one attached hydrogen (secondary N) is 1. The summed E-state index contributed by atoms with van der Waals surface area (Å²) in [5.41, 5.74) is 1.82. The highest BCUT2D eigenvalue weighted by molar-refractivity contribution is 7.89. The summed E-state index contributed by atoms with van der Waals surface area (Å²) < 4.78 is 22.4. The molecule has 5 nitrogen and oxygen atoms in total. The molecule has 2 aromatic rings. The number of carbonyl (C=O) groups excluding carboxylic acids is 1. The summed E-state index contributed by atoms with van der Waals surface area (Å²) in [6.45, 7) is 2.23. The Balaban J connectivity index is 1.75. The van der Waals surface area contributed by atoms with E-state index in [0.717, 1.165) is 12.8 Å². The molecule has 1 aromatic heterocycles. The summed E-state index contributed by atoms with van der Waals surface area (Å²) in [4.78, 5) is 14.4. The third-order valence-electron chi connectivity index (χ3n) is 3.99. The quantitative estimate of drug-likeness (QED) is 0.892. The molecule has 1 amide bonds. The highest BCUT2D eigenvalue weighted by Gasteiger charge is 2.20. The lowest BCUT2D eigenvalue weighted by molar-refractivity contribution is 0.103. The van der Waals surface area contributed by atoms with Crippen LogP contribution < -0.4 is 10.5 Å². The Morgan fingerprint density at radius 3 is 2.65 bits per heavy atom. The molecule has 122 valence electrons. The number of hydrogen-bond donors (Lipinski definition) is 2. The number of nitrogens with two attached hydrogens (primary N) is 1. The lowest BCUT2D eigenvalue weighted by atomic mass is 9.90. The third-order valence-corrected chi connectivity index (χ3v) is 6.16. The van der Waals surface area contributed by atoms with E-state index in [1.807, 2.05) is 6.07 Å². The van der Waals surface area contributed by atoms with Gasteiger partial charge in [0.15, 0.2) is 0 Å². The molecule has 3 N–H and O–H groups in total. The van der Waals surface area contributed by atoms with E-state index in [-0.39, 0.29) is 10.8 Å². The molecule has 0 radical (unpaired) electrons. The van der Waals surface area contributed by atoms with E-state index < -0.39 is 10.0 Å². The van der Waals surface area contributed by atoms with Crippen LogP contribution in [0.4, 0.5) is 5.69 Å². The van der Waals surface area contributed by atoms with Gasteiger partial charge in [-0.3, -0.25) is 4.79 Å². The summed E-state index contributed by atoms with van der Waals surface area (Å²) in [6.07, 6.45) is 3.24. The van der Waals surface area contributed by atoms with Crippen LogP contribution in [-0.4, -0.2) is 14.3 Å². The first-order valence-corrected chi connectivity index (χ1v) is 9.75. The van der Waals surface area contributed by atoms with Crippen molar-refractivity contribution in [3.05, 3.63) is 45.6 Å². The van der Waals surface area contributed by atoms with Gasteiger partial charge in [-0.05, 0) is 61.1 Å². The molecule has 1 aliphatic rings. The van der Waals surface area contributed by atoms with E-state index in [1.54, 1.807) is 11.3 Å². The lowest BCUT2D eigenvalue weighted by Gasteiger charge is -2.16. The summed E-state index contributed by atoms with van der Waals surface area (Å²) in [5.74, 6) is 0.499. The van der Waals surface area contributed by atoms with Crippen molar-refractivity contribution in [2.45, 2.75) is 31.1 Å². The summed E-state index contributed by atoms with van der Waals surface area (Å²) >= 11 is 1.54. The second kappa shape index (κ2) is 6.07. The Hall–Kier alpha value is -1.70. The number of aryl methyl sites for hydroxylation is 1. The first-order chi connectivity index (χ1) is 10.8. The fourth-order valence-electron chi connectivity index (χ4n) is 2.74. The number of amides is 1. The molecule has 0 bridgehead atoms. The summed E-state index contributed by atoms with van der Waals surface area (Å²) in [5, 5.41) is 7.85. The van der Waals surface area contributed by atoms with Gasteiger partial charge in [-0.15, -0.1) is 11.3 Å². The van der Waals surface area contributed by atoms with Crippen LogP contribution in [0.15, 0.2) is 35.2 Å². The minimum absolute atomic E-state index is 0.0241. The van der Waals surface area contributed by atoms with E-state index in [9.17, 15) is 13.2 Å². The normalized spacial score (nSPS) is 17.6. The maximum Gasteiger partial charge on any atom is 0.265 e. The highest BCUT2D eigenvalue weighted by Crippen LogP contribution is 2.32. The minimum atomic E-state index is -3.72. The van der Waals surface area contributed by atoms with E-state index in [0.29, 0.717) is 16.5 Å². The van der Waals surface area contributed by atoms with Gasteiger partial charge < -0.3 is 5.32 Å². The molecule has 0 saturated carbocycles. The summed E-state index contributed by atoms with van der Waals surface area (Å²) in [7, 11) is -3.72. The lowest BCUT2D eigenvalue weighted by Crippen LogP contribution is -2.13. The van der Waals surface area contributed by atoms with Gasteiger partial charge in [-0.25, -0.2) is 13.6 Å². The van der Waals surface area contributed by atoms with Crippen LogP contribution in [0, 0.1) is 5.92 Å². The van der Waals surface area contributed by atoms with E-state index >= 15 is 0 Å². The number of rotatable bonds is 3. The van der Waals surface area contributed by atoms with Gasteiger partial charge in [0.2, 0.25) is 10.0 Å². The number of hydrogen-bond acceptors (Lipinski definition) is 4. The van der Waals surface area contributed by atoms with Crippen molar-refractivity contribution in [2.24, 2.45) is 11.1 Å². The zero-order chi connectivity index (χ0) is 16.6. The van der Waals surface area contributed by atoms with Crippen molar-refractivity contribution in [3.8, 4) is 0 Å². The standard InChI is InChI=1S/C16H18N2O3S2/c1-10-2-7-14-11(8-10)9-15(22-14)16(19)18-12-3-5-13(6-4-12)23(17,20)21/h3-6,9-10H,2,7-8H2,1H3,(H,18,19)(H2,17,20,21)/t10-/m1/s1. The molecule has 0 saturated heterocycles. The topological polar surface area (TPSA) is 89.3 Å². The molecular weight excluding hydrogens is 332 g/mol. The predicted octanol–water partition coefficient (Wildman–Crippen LogP) is 2.77. The Bertz CT molecular complexity index is 839. The van der Waals surface area contributed by atoms with Crippen LogP contribution in [0.25, 0.3) is 0 Å². The van der Waals surface area contributed by atoms with Crippen LogP contribution in [0.5, 0.6) is 0 Å². The van der Waals surface area contributed by atoms with E-state index in [4.69, 9.17) is 5.14 Å². The van der Waals surface area contributed by atoms with E-state index in [1.165, 1.54) is 41.1 Å². The van der Waals surface area contributed by atoms with Gasteiger partial charge in [0, 0.05) is 10.6 Å². The number of fused-ring (bicyclic) bond motifs is 1. The number of carbonyl (C=O) groups is 1. The van der Waals surface area contributed by atoms with Gasteiger partial charge in [0.1, 0.15) is 0 Å². The van der Waals surface area contributed by atoms with Crippen molar-refractivity contribution >= 4 is 33.0 Å². The van der Waals surface area contributed by atoms with Crippen LogP contribution in [0.3, 0.4) is 0 Å². The molecule has 23 heavy (non-hydrogen) atoms. The Morgan fingerprint density at radius 1 is 1.30 bits per heavy atom. The molecule has 0 spiro atoms. The first-order valence-electron chi connectivity index (χ1n) is 7.39. The molecule has 0 fully saturated rings. The molecule has 1 aliphatic carbocycles. The molecule has 1 aromatic carbocycles. The van der Waals surface area contributed by atoms with Crippen molar-refractivity contribution < 1.29 is 13.2 Å². The Labute approximate surface area is 139 Å². The smallest absolute Gasteiger partial charge is 0.265 e. The van der Waals surface area contributed by atoms with Gasteiger partial charge in [0.25, 0.3) is 5.91 Å². The largest absolute Gasteiger partial charge is 0.321 e. The molecule has 0 aliphatic heterocycles. The highest BCUT2D eigenvalue weighted by atomic mass is 32.2. The first kappa shape index (κ1) is 16.2. The number of thiophene rings is 1. The van der Waals surface area contributed by atoms with Crippen molar-refractivity contribution in [3.63, 3.8) is 0 Å². The second-order valence-electron chi connectivity index (χ2n) is 5.93. The fraction of sp³-hybridized carbons (Fsp3) is 0.312. The van der Waals surface area contributed by atoms with Crippen molar-refractivity contribution in [2.75, 3.05) is 5.32 Å². The number of benzene rings is 1. The molecule has 7 heteroatoms. The average Bonchev–Trinajstić information content (AvgIpc) is 2.90. The fourth-order valence-corrected chi connectivity index (χ4v) is 4.36. The van der Waals surface area contributed by atoms with Crippen LogP contribution in [0.2, 0.25) is 0 Å². The molecule has 3 rings (SSSR count). The second-order valence-corrected chi connectivity index (χ2v) is 8.63. The summed E-state index contributed by atoms with van der Waals surface area (Å²) in [6, 6.07) is 7.81. The van der Waals surface area contributed by atoms with Crippen LogP contribution in [-0.2, 0) is 22.9 Å². The van der Waals surface area contributed by atoms with Crippen molar-refractivity contribution in [1.29, 1.82) is 0 Å². The zero-order valence-electron chi connectivity index (χ0n) is 12.7. The molecular formula is C16H18N2O3S2. The van der Waals surface area contributed by atoms with Gasteiger partial charge >= 0.3 is 0 Å². The van der Waals surface area contributed by atoms with Gasteiger partial charge in [0.05, 0.1) is 9.77 Å². The number of primary sulfonamides is 1. The SMILES string of the molecule is C[C@@H]1CCc2sc(C(=O)Nc3ccc(S(N)(=O)=O)cc3)cc2C1. The predicted molar refractivity (Wildman–Crippen MR) is 91.3 cm³/mol. The average molecular weight is 350 g/mol. The molecule has 1 atom stereocenters. The Morgan fingerprint density at radius 2 is 2.00 bits per heavy atom. The van der Waals surface area contributed by atoms with Crippen LogP contribution in [0.1, 0.15) is 33.5 Å². The molecule has 0 unspecified atom stereocenters. The van der Waals surface area contributed by atoms with Crippen LogP contribution >= 0.6 is 11.3 Å². The molecule has 1 heterocycles. The van der Waals surface area contributed by atoms with Gasteiger partial charge in [-0.1, -0.05) is 6.92 Å². The van der Waals surface area contributed by atoms with Gasteiger partial charge in [-0.2, -0.15) is 0 Å². The number of anilines is 1. The minimum Gasteiger partial charge on any atom is -0.321 e. The monoisotopic (exact) mass is 350 g/mol.